The average molecular weight is 360 g/mol. The fourth-order valence-corrected chi connectivity index (χ4v) is 3.26. The van der Waals surface area contributed by atoms with Gasteiger partial charge < -0.3 is 5.32 Å². The van der Waals surface area contributed by atoms with E-state index in [9.17, 15) is 8.78 Å². The zero-order valence-corrected chi connectivity index (χ0v) is 13.7. The highest BCUT2D eigenvalue weighted by Gasteiger charge is 2.20. The molecule has 0 spiro atoms. The Morgan fingerprint density at radius 3 is 2.60 bits per heavy atom. The summed E-state index contributed by atoms with van der Waals surface area (Å²) in [5.41, 5.74) is 1.62. The van der Waals surface area contributed by atoms with Crippen molar-refractivity contribution < 1.29 is 8.78 Å². The first kappa shape index (κ1) is 15.6. The van der Waals surface area contributed by atoms with Gasteiger partial charge in [0.2, 0.25) is 0 Å². The summed E-state index contributed by atoms with van der Waals surface area (Å²) >= 11 is 4.94. The zero-order valence-electron chi connectivity index (χ0n) is 11.3. The SMILES string of the molecule is CCCNC(c1csc(Br)c1)c1cc(F)c(C)cc1F. The molecule has 2 rings (SSSR count). The van der Waals surface area contributed by atoms with Crippen molar-refractivity contribution in [2.24, 2.45) is 0 Å². The molecule has 0 bridgehead atoms. The quantitative estimate of drug-likeness (QED) is 0.774. The van der Waals surface area contributed by atoms with Crippen LogP contribution in [0.15, 0.2) is 27.4 Å². The summed E-state index contributed by atoms with van der Waals surface area (Å²) in [5, 5.41) is 5.23. The second-order valence-electron chi connectivity index (χ2n) is 4.69. The van der Waals surface area contributed by atoms with Crippen LogP contribution in [0, 0.1) is 18.6 Å². The maximum absolute atomic E-state index is 14.2. The molecule has 1 aromatic heterocycles. The Balaban J connectivity index is 2.43. The first-order valence-corrected chi connectivity index (χ1v) is 8.13. The van der Waals surface area contributed by atoms with Crippen molar-refractivity contribution in [1.82, 2.24) is 5.32 Å². The smallest absolute Gasteiger partial charge is 0.128 e. The number of benzene rings is 1. The molecule has 1 aromatic carbocycles. The van der Waals surface area contributed by atoms with Crippen LogP contribution in [0.1, 0.15) is 36.1 Å². The Morgan fingerprint density at radius 1 is 1.25 bits per heavy atom. The van der Waals surface area contributed by atoms with Crippen molar-refractivity contribution in [3.8, 4) is 0 Å². The predicted octanol–water partition coefficient (Wildman–Crippen LogP) is 5.19. The first-order valence-electron chi connectivity index (χ1n) is 6.45. The van der Waals surface area contributed by atoms with Crippen molar-refractivity contribution in [2.45, 2.75) is 26.3 Å². The zero-order chi connectivity index (χ0) is 14.7. The van der Waals surface area contributed by atoms with Gasteiger partial charge in [0.15, 0.2) is 0 Å². The number of nitrogens with one attached hydrogen (secondary N) is 1. The van der Waals surface area contributed by atoms with Crippen LogP contribution >= 0.6 is 27.3 Å². The molecular formula is C15H16BrF2NS. The highest BCUT2D eigenvalue weighted by Crippen LogP contribution is 2.31. The molecule has 108 valence electrons. The lowest BCUT2D eigenvalue weighted by Crippen LogP contribution is -2.24. The van der Waals surface area contributed by atoms with Gasteiger partial charge in [0, 0.05) is 5.56 Å². The second kappa shape index (κ2) is 6.78. The minimum Gasteiger partial charge on any atom is -0.306 e. The van der Waals surface area contributed by atoms with E-state index in [1.807, 2.05) is 18.4 Å². The number of hydrogen-bond acceptors (Lipinski definition) is 2. The summed E-state index contributed by atoms with van der Waals surface area (Å²) in [6, 6.07) is 4.17. The summed E-state index contributed by atoms with van der Waals surface area (Å²) in [6.45, 7) is 4.35. The lowest BCUT2D eigenvalue weighted by atomic mass is 9.99. The molecule has 0 amide bonds. The molecule has 5 heteroatoms. The Bertz CT molecular complexity index is 598. The lowest BCUT2D eigenvalue weighted by molar-refractivity contribution is 0.533. The predicted molar refractivity (Wildman–Crippen MR) is 83.3 cm³/mol. The van der Waals surface area contributed by atoms with Gasteiger partial charge in [-0.15, -0.1) is 11.3 Å². The molecular weight excluding hydrogens is 344 g/mol. The van der Waals surface area contributed by atoms with E-state index in [0.717, 1.165) is 22.3 Å². The van der Waals surface area contributed by atoms with Gasteiger partial charge in [0.25, 0.3) is 0 Å². The Hall–Kier alpha value is -0.780. The van der Waals surface area contributed by atoms with Crippen molar-refractivity contribution in [2.75, 3.05) is 6.54 Å². The van der Waals surface area contributed by atoms with E-state index >= 15 is 0 Å². The minimum atomic E-state index is -0.376. The number of rotatable bonds is 5. The molecule has 0 aliphatic heterocycles. The largest absolute Gasteiger partial charge is 0.306 e. The maximum atomic E-state index is 14.2. The van der Waals surface area contributed by atoms with Crippen LogP contribution in [0.4, 0.5) is 8.78 Å². The van der Waals surface area contributed by atoms with Crippen LogP contribution in [-0.2, 0) is 0 Å². The van der Waals surface area contributed by atoms with Crippen LogP contribution in [0.2, 0.25) is 0 Å². The van der Waals surface area contributed by atoms with E-state index in [2.05, 4.69) is 21.2 Å². The second-order valence-corrected chi connectivity index (χ2v) is 6.98. The van der Waals surface area contributed by atoms with Gasteiger partial charge in [-0.3, -0.25) is 0 Å². The van der Waals surface area contributed by atoms with E-state index in [1.165, 1.54) is 23.5 Å². The summed E-state index contributed by atoms with van der Waals surface area (Å²) in [4.78, 5) is 0. The standard InChI is InChI=1S/C15H16BrF2NS/c1-3-4-19-15(10-6-14(16)20-8-10)11-7-12(17)9(2)5-13(11)18/h5-8,15,19H,3-4H2,1-2H3. The van der Waals surface area contributed by atoms with Crippen molar-refractivity contribution in [3.05, 3.63) is 55.7 Å². The van der Waals surface area contributed by atoms with E-state index in [4.69, 9.17) is 0 Å². The molecule has 0 aliphatic carbocycles. The topological polar surface area (TPSA) is 12.0 Å². The van der Waals surface area contributed by atoms with Gasteiger partial charge in [-0.2, -0.15) is 0 Å². The molecule has 20 heavy (non-hydrogen) atoms. The van der Waals surface area contributed by atoms with Crippen LogP contribution in [-0.4, -0.2) is 6.54 Å². The maximum Gasteiger partial charge on any atom is 0.128 e. The summed E-state index contributed by atoms with van der Waals surface area (Å²) < 4.78 is 28.9. The molecule has 1 nitrogen and oxygen atoms in total. The molecule has 0 fully saturated rings. The lowest BCUT2D eigenvalue weighted by Gasteiger charge is -2.19. The molecule has 1 unspecified atom stereocenters. The van der Waals surface area contributed by atoms with Gasteiger partial charge in [-0.25, -0.2) is 8.78 Å². The molecule has 0 saturated carbocycles. The molecule has 2 aromatic rings. The third kappa shape index (κ3) is 3.45. The van der Waals surface area contributed by atoms with Crippen LogP contribution in [0.3, 0.4) is 0 Å². The molecule has 1 heterocycles. The van der Waals surface area contributed by atoms with Gasteiger partial charge in [-0.05, 0) is 70.5 Å². The third-order valence-electron chi connectivity index (χ3n) is 3.11. The highest BCUT2D eigenvalue weighted by atomic mass is 79.9. The fraction of sp³-hybridized carbons (Fsp3) is 0.333. The minimum absolute atomic E-state index is 0.326. The van der Waals surface area contributed by atoms with Crippen molar-refractivity contribution >= 4 is 27.3 Å². The highest BCUT2D eigenvalue weighted by molar-refractivity contribution is 9.11. The van der Waals surface area contributed by atoms with E-state index in [0.29, 0.717) is 11.1 Å². The molecule has 0 saturated heterocycles. The van der Waals surface area contributed by atoms with E-state index in [1.54, 1.807) is 6.92 Å². The summed E-state index contributed by atoms with van der Waals surface area (Å²) in [5.74, 6) is -0.751. The Labute approximate surface area is 130 Å². The molecule has 1 atom stereocenters. The van der Waals surface area contributed by atoms with E-state index < -0.39 is 0 Å². The molecule has 0 radical (unpaired) electrons. The summed E-state index contributed by atoms with van der Waals surface area (Å²) in [7, 11) is 0. The van der Waals surface area contributed by atoms with Gasteiger partial charge in [-0.1, -0.05) is 6.92 Å². The van der Waals surface area contributed by atoms with E-state index in [-0.39, 0.29) is 17.7 Å². The third-order valence-corrected chi connectivity index (χ3v) is 4.63. The normalized spacial score (nSPS) is 12.7. The van der Waals surface area contributed by atoms with Crippen LogP contribution in [0.25, 0.3) is 0 Å². The number of aryl methyl sites for hydroxylation is 1. The number of hydrogen-bond donors (Lipinski definition) is 1. The van der Waals surface area contributed by atoms with Gasteiger partial charge >= 0.3 is 0 Å². The molecule has 1 N–H and O–H groups in total. The monoisotopic (exact) mass is 359 g/mol. The van der Waals surface area contributed by atoms with Crippen LogP contribution in [0.5, 0.6) is 0 Å². The Morgan fingerprint density at radius 2 is 2.00 bits per heavy atom. The number of thiophene rings is 1. The van der Waals surface area contributed by atoms with Crippen LogP contribution < -0.4 is 5.32 Å². The van der Waals surface area contributed by atoms with Crippen molar-refractivity contribution in [3.63, 3.8) is 0 Å². The number of halogens is 3. The first-order chi connectivity index (χ1) is 9.52. The van der Waals surface area contributed by atoms with Gasteiger partial charge in [0.05, 0.1) is 9.83 Å². The average Bonchev–Trinajstić information content (AvgIpc) is 2.82. The Kier molecular flexibility index (Phi) is 5.29. The summed E-state index contributed by atoms with van der Waals surface area (Å²) in [6.07, 6.45) is 0.928. The van der Waals surface area contributed by atoms with Gasteiger partial charge in [0.1, 0.15) is 11.6 Å². The van der Waals surface area contributed by atoms with Crippen molar-refractivity contribution in [1.29, 1.82) is 0 Å². The fourth-order valence-electron chi connectivity index (χ4n) is 2.05. The molecule has 0 aliphatic rings.